The summed E-state index contributed by atoms with van der Waals surface area (Å²) in [6, 6.07) is 8.24. The number of anilines is 1. The van der Waals surface area contributed by atoms with Gasteiger partial charge in [-0.3, -0.25) is 0 Å². The molecule has 0 aliphatic heterocycles. The van der Waals surface area contributed by atoms with Crippen molar-refractivity contribution in [1.82, 2.24) is 0 Å². The molecular formula is C12H19NO2. The fourth-order valence-electron chi connectivity index (χ4n) is 1.44. The van der Waals surface area contributed by atoms with Crippen molar-refractivity contribution in [1.29, 1.82) is 0 Å². The van der Waals surface area contributed by atoms with Crippen LogP contribution in [0.4, 0.5) is 5.69 Å². The molecule has 0 bridgehead atoms. The minimum absolute atomic E-state index is 0.0949. The van der Waals surface area contributed by atoms with Gasteiger partial charge in [0.1, 0.15) is 0 Å². The molecule has 1 atom stereocenters. The van der Waals surface area contributed by atoms with Gasteiger partial charge in [0.15, 0.2) is 0 Å². The highest BCUT2D eigenvalue weighted by atomic mass is 16.5. The van der Waals surface area contributed by atoms with E-state index in [9.17, 15) is 0 Å². The Morgan fingerprint density at radius 3 is 2.40 bits per heavy atom. The molecule has 0 saturated carbocycles. The highest BCUT2D eigenvalue weighted by Gasteiger charge is 2.08. The second-order valence-electron chi connectivity index (χ2n) is 3.74. The molecule has 1 aromatic carbocycles. The first-order chi connectivity index (χ1) is 7.19. The third-order valence-electron chi connectivity index (χ3n) is 2.60. The van der Waals surface area contributed by atoms with Crippen molar-refractivity contribution < 1.29 is 9.84 Å². The van der Waals surface area contributed by atoms with Crippen LogP contribution < -0.4 is 4.90 Å². The largest absolute Gasteiger partial charge is 0.392 e. The van der Waals surface area contributed by atoms with Crippen LogP contribution in [0.3, 0.4) is 0 Å². The van der Waals surface area contributed by atoms with Crippen LogP contribution >= 0.6 is 0 Å². The van der Waals surface area contributed by atoms with E-state index in [-0.39, 0.29) is 6.61 Å². The van der Waals surface area contributed by atoms with Crippen LogP contribution in [0.15, 0.2) is 24.3 Å². The van der Waals surface area contributed by atoms with Gasteiger partial charge in [-0.25, -0.2) is 0 Å². The molecule has 0 amide bonds. The van der Waals surface area contributed by atoms with Crippen LogP contribution in [0.2, 0.25) is 0 Å². The number of hydrogen-bond donors (Lipinski definition) is 1. The first kappa shape index (κ1) is 12.0. The van der Waals surface area contributed by atoms with Gasteiger partial charge in [0.05, 0.1) is 13.2 Å². The van der Waals surface area contributed by atoms with E-state index in [0.29, 0.717) is 12.6 Å². The summed E-state index contributed by atoms with van der Waals surface area (Å²) in [6.07, 6.45) is 0. The molecule has 0 radical (unpaired) electrons. The predicted octanol–water partition coefficient (Wildman–Crippen LogP) is 1.65. The average Bonchev–Trinajstić information content (AvgIpc) is 2.28. The quantitative estimate of drug-likeness (QED) is 0.800. The number of rotatable bonds is 5. The number of hydrogen-bond acceptors (Lipinski definition) is 3. The van der Waals surface area contributed by atoms with Crippen molar-refractivity contribution in [3.8, 4) is 0 Å². The molecule has 0 aliphatic rings. The summed E-state index contributed by atoms with van der Waals surface area (Å²) in [7, 11) is 3.75. The predicted molar refractivity (Wildman–Crippen MR) is 62.1 cm³/mol. The molecule has 1 rings (SSSR count). The first-order valence-corrected chi connectivity index (χ1v) is 5.10. The molecular weight excluding hydrogens is 190 g/mol. The van der Waals surface area contributed by atoms with Crippen LogP contribution in [-0.2, 0) is 11.3 Å². The molecule has 0 aromatic heterocycles. The number of nitrogens with zero attached hydrogens (tertiary/aromatic N) is 1. The van der Waals surface area contributed by atoms with Crippen LogP contribution in [0.1, 0.15) is 12.5 Å². The van der Waals surface area contributed by atoms with E-state index >= 15 is 0 Å². The summed E-state index contributed by atoms with van der Waals surface area (Å²) in [6.45, 7) is 2.92. The lowest BCUT2D eigenvalue weighted by Gasteiger charge is -2.26. The fraction of sp³-hybridized carbons (Fsp3) is 0.500. The second kappa shape index (κ2) is 5.73. The van der Waals surface area contributed by atoms with Crippen LogP contribution in [0, 0.1) is 0 Å². The summed E-state index contributed by atoms with van der Waals surface area (Å²) in [5.74, 6) is 0. The molecule has 0 heterocycles. The lowest BCUT2D eigenvalue weighted by Crippen LogP contribution is -2.32. The van der Waals surface area contributed by atoms with E-state index < -0.39 is 0 Å². The highest BCUT2D eigenvalue weighted by molar-refractivity contribution is 5.47. The molecule has 0 fully saturated rings. The van der Waals surface area contributed by atoms with Gasteiger partial charge in [0, 0.05) is 25.9 Å². The molecule has 1 N–H and O–H groups in total. The van der Waals surface area contributed by atoms with Gasteiger partial charge >= 0.3 is 0 Å². The van der Waals surface area contributed by atoms with E-state index in [1.54, 1.807) is 7.11 Å². The lowest BCUT2D eigenvalue weighted by atomic mass is 10.2. The molecule has 3 heteroatoms. The van der Waals surface area contributed by atoms with Crippen LogP contribution in [-0.4, -0.2) is 31.9 Å². The minimum Gasteiger partial charge on any atom is -0.392 e. The van der Waals surface area contributed by atoms with Crippen molar-refractivity contribution in [2.75, 3.05) is 25.7 Å². The van der Waals surface area contributed by atoms with Crippen molar-refractivity contribution >= 4 is 5.69 Å². The third kappa shape index (κ3) is 3.22. The summed E-state index contributed by atoms with van der Waals surface area (Å²) < 4.78 is 5.11. The average molecular weight is 209 g/mol. The topological polar surface area (TPSA) is 32.7 Å². The Hall–Kier alpha value is -1.06. The normalized spacial score (nSPS) is 12.5. The molecule has 0 spiro atoms. The zero-order valence-electron chi connectivity index (χ0n) is 9.60. The Morgan fingerprint density at radius 1 is 1.33 bits per heavy atom. The van der Waals surface area contributed by atoms with Gasteiger partial charge in [0.2, 0.25) is 0 Å². The van der Waals surface area contributed by atoms with E-state index in [0.717, 1.165) is 11.3 Å². The smallest absolute Gasteiger partial charge is 0.0681 e. The number of ether oxygens (including phenoxy) is 1. The third-order valence-corrected chi connectivity index (χ3v) is 2.60. The number of benzene rings is 1. The number of aliphatic hydroxyl groups excluding tert-OH is 1. The van der Waals surface area contributed by atoms with Gasteiger partial charge in [-0.15, -0.1) is 0 Å². The highest BCUT2D eigenvalue weighted by Crippen LogP contribution is 2.16. The minimum atomic E-state index is 0.0949. The Bertz CT molecular complexity index is 284. The summed E-state index contributed by atoms with van der Waals surface area (Å²) in [5, 5.41) is 8.93. The summed E-state index contributed by atoms with van der Waals surface area (Å²) in [5.41, 5.74) is 2.07. The Labute approximate surface area is 91.3 Å². The molecule has 84 valence electrons. The molecule has 15 heavy (non-hydrogen) atoms. The molecule has 0 aliphatic carbocycles. The van der Waals surface area contributed by atoms with Crippen molar-refractivity contribution in [3.05, 3.63) is 29.8 Å². The van der Waals surface area contributed by atoms with E-state index in [1.165, 1.54) is 0 Å². The van der Waals surface area contributed by atoms with E-state index in [4.69, 9.17) is 9.84 Å². The van der Waals surface area contributed by atoms with Crippen molar-refractivity contribution in [3.63, 3.8) is 0 Å². The molecule has 1 unspecified atom stereocenters. The zero-order chi connectivity index (χ0) is 11.3. The Kier molecular flexibility index (Phi) is 4.59. The van der Waals surface area contributed by atoms with Gasteiger partial charge in [-0.1, -0.05) is 12.1 Å². The summed E-state index contributed by atoms with van der Waals surface area (Å²) >= 11 is 0. The van der Waals surface area contributed by atoms with E-state index in [2.05, 4.69) is 11.8 Å². The first-order valence-electron chi connectivity index (χ1n) is 5.10. The van der Waals surface area contributed by atoms with Crippen LogP contribution in [0.25, 0.3) is 0 Å². The SMILES string of the molecule is COCC(C)N(C)c1ccc(CO)cc1. The van der Waals surface area contributed by atoms with Gasteiger partial charge in [-0.2, -0.15) is 0 Å². The number of aliphatic hydroxyl groups is 1. The van der Waals surface area contributed by atoms with E-state index in [1.807, 2.05) is 31.3 Å². The fourth-order valence-corrected chi connectivity index (χ4v) is 1.44. The monoisotopic (exact) mass is 209 g/mol. The second-order valence-corrected chi connectivity index (χ2v) is 3.74. The lowest BCUT2D eigenvalue weighted by molar-refractivity contribution is 0.183. The van der Waals surface area contributed by atoms with Crippen molar-refractivity contribution in [2.45, 2.75) is 19.6 Å². The maximum Gasteiger partial charge on any atom is 0.0681 e. The molecule has 3 nitrogen and oxygen atoms in total. The maximum absolute atomic E-state index is 8.93. The van der Waals surface area contributed by atoms with Gasteiger partial charge in [-0.05, 0) is 24.6 Å². The standard InChI is InChI=1S/C12H19NO2/c1-10(9-15-3)13(2)12-6-4-11(8-14)5-7-12/h4-7,10,14H,8-9H2,1-3H3. The molecule has 1 aromatic rings. The summed E-state index contributed by atoms with van der Waals surface area (Å²) in [4.78, 5) is 2.16. The van der Waals surface area contributed by atoms with Crippen molar-refractivity contribution in [2.24, 2.45) is 0 Å². The van der Waals surface area contributed by atoms with Gasteiger partial charge in [0.25, 0.3) is 0 Å². The zero-order valence-corrected chi connectivity index (χ0v) is 9.60. The number of methoxy groups -OCH3 is 1. The van der Waals surface area contributed by atoms with Crippen LogP contribution in [0.5, 0.6) is 0 Å². The number of likely N-dealkylation sites (N-methyl/N-ethyl adjacent to an activating group) is 1. The maximum atomic E-state index is 8.93. The Morgan fingerprint density at radius 2 is 1.93 bits per heavy atom. The molecule has 0 saturated heterocycles. The van der Waals surface area contributed by atoms with Gasteiger partial charge < -0.3 is 14.7 Å². The Balaban J connectivity index is 2.69.